The van der Waals surface area contributed by atoms with Crippen LogP contribution in [0.3, 0.4) is 0 Å². The Morgan fingerprint density at radius 2 is 1.90 bits per heavy atom. The van der Waals surface area contributed by atoms with E-state index >= 15 is 0 Å². The molecule has 0 aliphatic rings. The van der Waals surface area contributed by atoms with Crippen LogP contribution in [0.1, 0.15) is 5.56 Å². The number of methoxy groups -OCH3 is 2. The van der Waals surface area contributed by atoms with Gasteiger partial charge in [-0.05, 0) is 36.4 Å². The largest absolute Gasteiger partial charge is 0.497 e. The molecule has 0 bridgehead atoms. The highest BCUT2D eigenvalue weighted by molar-refractivity contribution is 9.10. The van der Waals surface area contributed by atoms with Crippen molar-refractivity contribution in [2.75, 3.05) is 25.3 Å². The molecule has 20 heavy (non-hydrogen) atoms. The molecule has 0 fully saturated rings. The highest BCUT2D eigenvalue weighted by atomic mass is 79.9. The van der Waals surface area contributed by atoms with Crippen molar-refractivity contribution < 1.29 is 9.47 Å². The molecular formula is C15H17BrN2O2. The summed E-state index contributed by atoms with van der Waals surface area (Å²) in [7, 11) is 3.30. The first-order chi connectivity index (χ1) is 9.63. The van der Waals surface area contributed by atoms with Crippen molar-refractivity contribution >= 4 is 27.3 Å². The van der Waals surface area contributed by atoms with Crippen LogP contribution >= 0.6 is 15.9 Å². The maximum absolute atomic E-state index is 5.96. The molecule has 0 saturated carbocycles. The van der Waals surface area contributed by atoms with E-state index in [9.17, 15) is 0 Å². The van der Waals surface area contributed by atoms with Gasteiger partial charge in [-0.15, -0.1) is 0 Å². The lowest BCUT2D eigenvalue weighted by Crippen LogP contribution is -2.04. The molecule has 2 aromatic carbocycles. The van der Waals surface area contributed by atoms with Gasteiger partial charge in [-0.3, -0.25) is 0 Å². The van der Waals surface area contributed by atoms with E-state index in [0.717, 1.165) is 27.2 Å². The van der Waals surface area contributed by atoms with Crippen LogP contribution in [-0.4, -0.2) is 14.2 Å². The molecule has 0 radical (unpaired) electrons. The van der Waals surface area contributed by atoms with Crippen molar-refractivity contribution in [3.8, 4) is 11.5 Å². The SMILES string of the molecule is COc1ccc(OC)c(CNc2ccc(Br)cc2N)c1. The first-order valence-corrected chi connectivity index (χ1v) is 6.93. The van der Waals surface area contributed by atoms with Crippen LogP contribution in [0.25, 0.3) is 0 Å². The van der Waals surface area contributed by atoms with Gasteiger partial charge in [0.25, 0.3) is 0 Å². The van der Waals surface area contributed by atoms with Crippen molar-refractivity contribution in [1.29, 1.82) is 0 Å². The minimum absolute atomic E-state index is 0.603. The third-order valence-corrected chi connectivity index (χ3v) is 3.46. The van der Waals surface area contributed by atoms with Crippen molar-refractivity contribution in [1.82, 2.24) is 0 Å². The Balaban J connectivity index is 2.17. The van der Waals surface area contributed by atoms with E-state index in [-0.39, 0.29) is 0 Å². The molecule has 0 aliphatic carbocycles. The number of halogens is 1. The van der Waals surface area contributed by atoms with Crippen LogP contribution < -0.4 is 20.5 Å². The fraction of sp³-hybridized carbons (Fsp3) is 0.200. The molecule has 0 aromatic heterocycles. The standard InChI is InChI=1S/C15H17BrN2O2/c1-19-12-4-6-15(20-2)10(7-12)9-18-14-5-3-11(16)8-13(14)17/h3-8,18H,9,17H2,1-2H3. The molecule has 0 saturated heterocycles. The fourth-order valence-electron chi connectivity index (χ4n) is 1.91. The van der Waals surface area contributed by atoms with Crippen molar-refractivity contribution in [2.24, 2.45) is 0 Å². The number of benzene rings is 2. The molecule has 0 amide bonds. The number of hydrogen-bond donors (Lipinski definition) is 2. The maximum atomic E-state index is 5.96. The summed E-state index contributed by atoms with van der Waals surface area (Å²) in [6.45, 7) is 0.603. The summed E-state index contributed by atoms with van der Waals surface area (Å²) in [6, 6.07) is 11.5. The molecular weight excluding hydrogens is 320 g/mol. The zero-order chi connectivity index (χ0) is 14.5. The van der Waals surface area contributed by atoms with E-state index in [0.29, 0.717) is 12.2 Å². The first-order valence-electron chi connectivity index (χ1n) is 6.14. The molecule has 0 heterocycles. The highest BCUT2D eigenvalue weighted by Crippen LogP contribution is 2.27. The molecule has 3 N–H and O–H groups in total. The Kier molecular flexibility index (Phi) is 4.74. The Morgan fingerprint density at radius 1 is 1.10 bits per heavy atom. The number of anilines is 2. The average Bonchev–Trinajstić information content (AvgIpc) is 2.46. The predicted octanol–water partition coefficient (Wildman–Crippen LogP) is 3.66. The molecule has 5 heteroatoms. The van der Waals surface area contributed by atoms with Crippen LogP contribution in [0.15, 0.2) is 40.9 Å². The van der Waals surface area contributed by atoms with Crippen LogP contribution in [0, 0.1) is 0 Å². The van der Waals surface area contributed by atoms with Crippen LogP contribution in [0.2, 0.25) is 0 Å². The van der Waals surface area contributed by atoms with Gasteiger partial charge in [-0.1, -0.05) is 15.9 Å². The van der Waals surface area contributed by atoms with Gasteiger partial charge in [0.2, 0.25) is 0 Å². The van der Waals surface area contributed by atoms with Crippen LogP contribution in [0.4, 0.5) is 11.4 Å². The lowest BCUT2D eigenvalue weighted by Gasteiger charge is -2.13. The summed E-state index contributed by atoms with van der Waals surface area (Å²) in [6.07, 6.45) is 0. The molecule has 2 aromatic rings. The summed E-state index contributed by atoms with van der Waals surface area (Å²) in [5.74, 6) is 1.61. The fourth-order valence-corrected chi connectivity index (χ4v) is 2.28. The summed E-state index contributed by atoms with van der Waals surface area (Å²) >= 11 is 3.39. The Hall–Kier alpha value is -1.88. The number of nitrogens with one attached hydrogen (secondary N) is 1. The number of rotatable bonds is 5. The van der Waals surface area contributed by atoms with Gasteiger partial charge in [0.15, 0.2) is 0 Å². The van der Waals surface area contributed by atoms with Crippen LogP contribution in [-0.2, 0) is 6.54 Å². The van der Waals surface area contributed by atoms with E-state index in [1.165, 1.54) is 0 Å². The zero-order valence-electron chi connectivity index (χ0n) is 11.4. The average molecular weight is 337 g/mol. The number of ether oxygens (including phenoxy) is 2. The Bertz CT molecular complexity index is 602. The monoisotopic (exact) mass is 336 g/mol. The molecule has 0 spiro atoms. The number of hydrogen-bond acceptors (Lipinski definition) is 4. The third kappa shape index (κ3) is 3.36. The minimum atomic E-state index is 0.603. The van der Waals surface area contributed by atoms with E-state index in [4.69, 9.17) is 15.2 Å². The van der Waals surface area contributed by atoms with Gasteiger partial charge in [0, 0.05) is 16.6 Å². The first kappa shape index (κ1) is 14.5. The molecule has 2 rings (SSSR count). The van der Waals surface area contributed by atoms with E-state index in [1.807, 2.05) is 36.4 Å². The van der Waals surface area contributed by atoms with E-state index in [1.54, 1.807) is 14.2 Å². The second-order valence-electron chi connectivity index (χ2n) is 4.26. The van der Waals surface area contributed by atoms with Gasteiger partial charge < -0.3 is 20.5 Å². The molecule has 106 valence electrons. The lowest BCUT2D eigenvalue weighted by molar-refractivity contribution is 0.399. The highest BCUT2D eigenvalue weighted by Gasteiger charge is 2.06. The van der Waals surface area contributed by atoms with Crippen molar-refractivity contribution in [2.45, 2.75) is 6.54 Å². The minimum Gasteiger partial charge on any atom is -0.497 e. The summed E-state index contributed by atoms with van der Waals surface area (Å²) in [5.41, 5.74) is 8.55. The van der Waals surface area contributed by atoms with Gasteiger partial charge >= 0.3 is 0 Å². The molecule has 4 nitrogen and oxygen atoms in total. The van der Waals surface area contributed by atoms with Gasteiger partial charge in [-0.2, -0.15) is 0 Å². The second kappa shape index (κ2) is 6.52. The van der Waals surface area contributed by atoms with Crippen molar-refractivity contribution in [3.05, 3.63) is 46.4 Å². The maximum Gasteiger partial charge on any atom is 0.124 e. The Labute approximate surface area is 127 Å². The van der Waals surface area contributed by atoms with Gasteiger partial charge in [0.1, 0.15) is 11.5 Å². The van der Waals surface area contributed by atoms with Gasteiger partial charge in [0.05, 0.1) is 25.6 Å². The normalized spacial score (nSPS) is 10.2. The summed E-state index contributed by atoms with van der Waals surface area (Å²) in [5, 5.41) is 3.30. The Morgan fingerprint density at radius 3 is 2.55 bits per heavy atom. The number of nitrogens with two attached hydrogens (primary N) is 1. The number of nitrogen functional groups attached to an aromatic ring is 1. The second-order valence-corrected chi connectivity index (χ2v) is 5.18. The zero-order valence-corrected chi connectivity index (χ0v) is 13.0. The van der Waals surface area contributed by atoms with Crippen molar-refractivity contribution in [3.63, 3.8) is 0 Å². The van der Waals surface area contributed by atoms with Gasteiger partial charge in [-0.25, -0.2) is 0 Å². The smallest absolute Gasteiger partial charge is 0.124 e. The molecule has 0 unspecified atom stereocenters. The molecule has 0 aliphatic heterocycles. The summed E-state index contributed by atoms with van der Waals surface area (Å²) in [4.78, 5) is 0. The quantitative estimate of drug-likeness (QED) is 0.818. The topological polar surface area (TPSA) is 56.5 Å². The molecule has 0 atom stereocenters. The van der Waals surface area contributed by atoms with Crippen LogP contribution in [0.5, 0.6) is 11.5 Å². The van der Waals surface area contributed by atoms with E-state index < -0.39 is 0 Å². The lowest BCUT2D eigenvalue weighted by atomic mass is 10.1. The van der Waals surface area contributed by atoms with E-state index in [2.05, 4.69) is 21.2 Å². The predicted molar refractivity (Wildman–Crippen MR) is 85.4 cm³/mol. The third-order valence-electron chi connectivity index (χ3n) is 2.97. The summed E-state index contributed by atoms with van der Waals surface area (Å²) < 4.78 is 11.5.